The fourth-order valence-electron chi connectivity index (χ4n) is 1.65. The van der Waals surface area contributed by atoms with Crippen LogP contribution in [0.1, 0.15) is 25.3 Å². The van der Waals surface area contributed by atoms with Gasteiger partial charge in [-0.25, -0.2) is 0 Å². The molecular formula is C13H18N2O. The molecule has 86 valence electrons. The molecule has 1 aromatic rings. The standard InChI is InChI=1S/C13H18N2O/c1-9-4-3-5-12(8-9)15-13(16)10(2)14-11-6-7-11/h3-5,8,10-11,14H,6-7H2,1-2H3,(H,15,16). The van der Waals surface area contributed by atoms with E-state index < -0.39 is 0 Å². The van der Waals surface area contributed by atoms with Gasteiger partial charge in [-0.2, -0.15) is 0 Å². The lowest BCUT2D eigenvalue weighted by atomic mass is 10.2. The predicted molar refractivity (Wildman–Crippen MR) is 65.4 cm³/mol. The van der Waals surface area contributed by atoms with E-state index in [0.717, 1.165) is 11.3 Å². The summed E-state index contributed by atoms with van der Waals surface area (Å²) in [7, 11) is 0. The molecule has 1 amide bonds. The van der Waals surface area contributed by atoms with Crippen molar-refractivity contribution >= 4 is 11.6 Å². The molecule has 3 nitrogen and oxygen atoms in total. The number of carbonyl (C=O) groups excluding carboxylic acids is 1. The first-order valence-corrected chi connectivity index (χ1v) is 5.79. The van der Waals surface area contributed by atoms with Crippen LogP contribution in [0.5, 0.6) is 0 Å². The average molecular weight is 218 g/mol. The van der Waals surface area contributed by atoms with E-state index in [1.807, 2.05) is 38.1 Å². The number of benzene rings is 1. The molecule has 0 spiro atoms. The maximum Gasteiger partial charge on any atom is 0.241 e. The monoisotopic (exact) mass is 218 g/mol. The average Bonchev–Trinajstić information content (AvgIpc) is 3.01. The lowest BCUT2D eigenvalue weighted by Gasteiger charge is -2.13. The minimum absolute atomic E-state index is 0.0394. The van der Waals surface area contributed by atoms with Gasteiger partial charge >= 0.3 is 0 Å². The van der Waals surface area contributed by atoms with Gasteiger partial charge in [-0.3, -0.25) is 4.79 Å². The third kappa shape index (κ3) is 3.07. The van der Waals surface area contributed by atoms with Gasteiger partial charge in [0.1, 0.15) is 0 Å². The Morgan fingerprint density at radius 3 is 2.81 bits per heavy atom. The molecule has 2 N–H and O–H groups in total. The van der Waals surface area contributed by atoms with E-state index in [4.69, 9.17) is 0 Å². The summed E-state index contributed by atoms with van der Waals surface area (Å²) in [5.41, 5.74) is 2.02. The van der Waals surface area contributed by atoms with Crippen molar-refractivity contribution < 1.29 is 4.79 Å². The van der Waals surface area contributed by atoms with Crippen molar-refractivity contribution in [1.29, 1.82) is 0 Å². The van der Waals surface area contributed by atoms with Gasteiger partial charge in [0.05, 0.1) is 6.04 Å². The zero-order valence-corrected chi connectivity index (χ0v) is 9.79. The molecule has 0 saturated heterocycles. The van der Waals surface area contributed by atoms with Gasteiger partial charge in [0.15, 0.2) is 0 Å². The van der Waals surface area contributed by atoms with E-state index in [1.165, 1.54) is 12.8 Å². The van der Waals surface area contributed by atoms with Crippen LogP contribution in [0.3, 0.4) is 0 Å². The highest BCUT2D eigenvalue weighted by Gasteiger charge is 2.25. The normalized spacial score (nSPS) is 16.9. The van der Waals surface area contributed by atoms with Crippen LogP contribution >= 0.6 is 0 Å². The van der Waals surface area contributed by atoms with E-state index in [2.05, 4.69) is 10.6 Å². The predicted octanol–water partition coefficient (Wildman–Crippen LogP) is 2.07. The van der Waals surface area contributed by atoms with Crippen molar-refractivity contribution in [3.8, 4) is 0 Å². The van der Waals surface area contributed by atoms with Crippen molar-refractivity contribution in [3.63, 3.8) is 0 Å². The van der Waals surface area contributed by atoms with Gasteiger partial charge in [-0.15, -0.1) is 0 Å². The van der Waals surface area contributed by atoms with Gasteiger partial charge in [0.2, 0.25) is 5.91 Å². The largest absolute Gasteiger partial charge is 0.325 e. The molecule has 1 fully saturated rings. The molecule has 0 heterocycles. The number of amides is 1. The van der Waals surface area contributed by atoms with Crippen LogP contribution in [0.4, 0.5) is 5.69 Å². The summed E-state index contributed by atoms with van der Waals surface area (Å²) in [4.78, 5) is 11.8. The molecule has 3 heteroatoms. The Balaban J connectivity index is 1.90. The number of nitrogens with one attached hydrogen (secondary N) is 2. The van der Waals surface area contributed by atoms with Crippen LogP contribution in [-0.4, -0.2) is 18.0 Å². The van der Waals surface area contributed by atoms with E-state index in [9.17, 15) is 4.79 Å². The molecule has 0 bridgehead atoms. The molecular weight excluding hydrogens is 200 g/mol. The Bertz CT molecular complexity index is 385. The lowest BCUT2D eigenvalue weighted by Crippen LogP contribution is -2.39. The van der Waals surface area contributed by atoms with Gasteiger partial charge in [-0.05, 0) is 44.4 Å². The minimum atomic E-state index is -0.118. The van der Waals surface area contributed by atoms with E-state index in [-0.39, 0.29) is 11.9 Å². The molecule has 16 heavy (non-hydrogen) atoms. The molecule has 1 saturated carbocycles. The van der Waals surface area contributed by atoms with Crippen molar-refractivity contribution in [2.75, 3.05) is 5.32 Å². The smallest absolute Gasteiger partial charge is 0.241 e. The highest BCUT2D eigenvalue weighted by atomic mass is 16.2. The second kappa shape index (κ2) is 4.66. The minimum Gasteiger partial charge on any atom is -0.325 e. The molecule has 0 aliphatic heterocycles. The fraction of sp³-hybridized carbons (Fsp3) is 0.462. The van der Waals surface area contributed by atoms with Crippen LogP contribution in [0.15, 0.2) is 24.3 Å². The van der Waals surface area contributed by atoms with Gasteiger partial charge < -0.3 is 10.6 Å². The summed E-state index contributed by atoms with van der Waals surface area (Å²) >= 11 is 0. The quantitative estimate of drug-likeness (QED) is 0.812. The first kappa shape index (κ1) is 11.1. The fourth-order valence-corrected chi connectivity index (χ4v) is 1.65. The number of anilines is 1. The van der Waals surface area contributed by atoms with Crippen LogP contribution < -0.4 is 10.6 Å². The summed E-state index contributed by atoms with van der Waals surface area (Å²) in [5.74, 6) is 0.0394. The summed E-state index contributed by atoms with van der Waals surface area (Å²) in [5, 5.41) is 6.19. The summed E-state index contributed by atoms with van der Waals surface area (Å²) in [6, 6.07) is 8.29. The van der Waals surface area contributed by atoms with E-state index in [1.54, 1.807) is 0 Å². The Labute approximate surface area is 96.2 Å². The Kier molecular flexibility index (Phi) is 3.25. The molecule has 1 unspecified atom stereocenters. The maximum absolute atomic E-state index is 11.8. The number of hydrogen-bond donors (Lipinski definition) is 2. The first-order valence-electron chi connectivity index (χ1n) is 5.79. The number of aryl methyl sites for hydroxylation is 1. The Morgan fingerprint density at radius 1 is 1.44 bits per heavy atom. The second-order valence-corrected chi connectivity index (χ2v) is 4.52. The zero-order chi connectivity index (χ0) is 11.5. The van der Waals surface area contributed by atoms with Crippen molar-refractivity contribution in [3.05, 3.63) is 29.8 Å². The molecule has 1 aliphatic carbocycles. The first-order chi connectivity index (χ1) is 7.65. The van der Waals surface area contributed by atoms with Crippen LogP contribution in [0.2, 0.25) is 0 Å². The van der Waals surface area contributed by atoms with Gasteiger partial charge in [-0.1, -0.05) is 12.1 Å². The molecule has 1 aromatic carbocycles. The lowest BCUT2D eigenvalue weighted by molar-refractivity contribution is -0.117. The molecule has 1 aliphatic rings. The van der Waals surface area contributed by atoms with Crippen LogP contribution in [0, 0.1) is 6.92 Å². The highest BCUT2D eigenvalue weighted by Crippen LogP contribution is 2.19. The molecule has 2 rings (SSSR count). The molecule has 0 radical (unpaired) electrons. The third-order valence-corrected chi connectivity index (χ3v) is 2.74. The second-order valence-electron chi connectivity index (χ2n) is 4.52. The summed E-state index contributed by atoms with van der Waals surface area (Å²) in [6.07, 6.45) is 2.39. The molecule has 1 atom stereocenters. The summed E-state index contributed by atoms with van der Waals surface area (Å²) in [6.45, 7) is 3.92. The van der Waals surface area contributed by atoms with Gasteiger partial charge in [0.25, 0.3) is 0 Å². The van der Waals surface area contributed by atoms with Crippen LogP contribution in [0.25, 0.3) is 0 Å². The van der Waals surface area contributed by atoms with E-state index in [0.29, 0.717) is 6.04 Å². The van der Waals surface area contributed by atoms with Crippen molar-refractivity contribution in [2.24, 2.45) is 0 Å². The van der Waals surface area contributed by atoms with Crippen molar-refractivity contribution in [2.45, 2.75) is 38.8 Å². The SMILES string of the molecule is Cc1cccc(NC(=O)C(C)NC2CC2)c1. The Hall–Kier alpha value is -1.35. The molecule has 0 aromatic heterocycles. The maximum atomic E-state index is 11.8. The summed E-state index contributed by atoms with van der Waals surface area (Å²) < 4.78 is 0. The third-order valence-electron chi connectivity index (χ3n) is 2.74. The number of carbonyl (C=O) groups is 1. The topological polar surface area (TPSA) is 41.1 Å². The highest BCUT2D eigenvalue weighted by molar-refractivity contribution is 5.94. The number of hydrogen-bond acceptors (Lipinski definition) is 2. The van der Waals surface area contributed by atoms with Gasteiger partial charge in [0, 0.05) is 11.7 Å². The number of rotatable bonds is 4. The Morgan fingerprint density at radius 2 is 2.19 bits per heavy atom. The van der Waals surface area contributed by atoms with E-state index >= 15 is 0 Å². The van der Waals surface area contributed by atoms with Crippen molar-refractivity contribution in [1.82, 2.24) is 5.32 Å². The van der Waals surface area contributed by atoms with Crippen LogP contribution in [-0.2, 0) is 4.79 Å². The zero-order valence-electron chi connectivity index (χ0n) is 9.79.